The lowest BCUT2D eigenvalue weighted by Gasteiger charge is -2.21. The van der Waals surface area contributed by atoms with Crippen molar-refractivity contribution in [1.29, 1.82) is 0 Å². The number of aromatic nitrogens is 2. The van der Waals surface area contributed by atoms with E-state index in [-0.39, 0.29) is 17.4 Å². The molecule has 165 valence electrons. The lowest BCUT2D eigenvalue weighted by Crippen LogP contribution is -2.39. The molecule has 2 heterocycles. The number of benzene rings is 2. The molecule has 2 unspecified atom stereocenters. The monoisotopic (exact) mass is 437 g/mol. The summed E-state index contributed by atoms with van der Waals surface area (Å²) in [6.07, 6.45) is 3.46. The van der Waals surface area contributed by atoms with Crippen molar-refractivity contribution in [2.24, 2.45) is 0 Å². The average Bonchev–Trinajstić information content (AvgIpc) is 3.29. The standard InChI is InChI=1S/C25H27B2N4O2/c1-17(19-5-3-2-4-6-19)16-29-22(27-26)15-18-7-9-20(10-8-18)30-25(33)21-11-12-23-28-14-13-24(32)31(21)23/h2-10,13-14,17,21-22,29H,11-12,15-16H2,1H3,(H,30,33)/t17-,21?,22?/m0/s1. The van der Waals surface area contributed by atoms with Gasteiger partial charge < -0.3 is 10.6 Å². The maximum Gasteiger partial charge on any atom is 0.254 e. The Balaban J connectivity index is 1.32. The summed E-state index contributed by atoms with van der Waals surface area (Å²) in [6.45, 7) is 3.02. The first-order chi connectivity index (χ1) is 16.0. The highest BCUT2D eigenvalue weighted by molar-refractivity contribution is 6.90. The number of anilines is 1. The molecule has 0 saturated heterocycles. The zero-order valence-corrected chi connectivity index (χ0v) is 18.8. The summed E-state index contributed by atoms with van der Waals surface area (Å²) in [5.41, 5.74) is 2.93. The molecule has 0 saturated carbocycles. The van der Waals surface area contributed by atoms with Gasteiger partial charge in [0, 0.05) is 38.7 Å². The van der Waals surface area contributed by atoms with E-state index >= 15 is 0 Å². The number of nitrogens with one attached hydrogen (secondary N) is 2. The van der Waals surface area contributed by atoms with E-state index in [9.17, 15) is 9.59 Å². The third-order valence-corrected chi connectivity index (χ3v) is 6.18. The van der Waals surface area contributed by atoms with Crippen LogP contribution in [0.15, 0.2) is 71.7 Å². The van der Waals surface area contributed by atoms with Gasteiger partial charge >= 0.3 is 0 Å². The fraction of sp³-hybridized carbons (Fsp3) is 0.320. The van der Waals surface area contributed by atoms with Crippen molar-refractivity contribution in [2.75, 3.05) is 11.9 Å². The van der Waals surface area contributed by atoms with E-state index in [2.05, 4.69) is 46.8 Å². The van der Waals surface area contributed by atoms with Crippen LogP contribution in [0.3, 0.4) is 0 Å². The molecule has 1 aromatic heterocycles. The summed E-state index contributed by atoms with van der Waals surface area (Å²) >= 11 is 0. The van der Waals surface area contributed by atoms with Crippen molar-refractivity contribution >= 4 is 26.5 Å². The molecule has 1 aliphatic rings. The van der Waals surface area contributed by atoms with Gasteiger partial charge in [-0.25, -0.2) is 4.98 Å². The Morgan fingerprint density at radius 3 is 2.67 bits per heavy atom. The van der Waals surface area contributed by atoms with Gasteiger partial charge in [-0.15, -0.1) is 0 Å². The van der Waals surface area contributed by atoms with Crippen molar-refractivity contribution in [3.8, 4) is 0 Å². The van der Waals surface area contributed by atoms with Crippen LogP contribution in [0.5, 0.6) is 0 Å². The van der Waals surface area contributed by atoms with Crippen molar-refractivity contribution in [3.63, 3.8) is 0 Å². The maximum atomic E-state index is 12.8. The molecule has 6 nitrogen and oxygen atoms in total. The summed E-state index contributed by atoms with van der Waals surface area (Å²) in [7, 11) is 7.58. The highest BCUT2D eigenvalue weighted by Crippen LogP contribution is 2.23. The molecule has 33 heavy (non-hydrogen) atoms. The maximum absolute atomic E-state index is 12.8. The quantitative estimate of drug-likeness (QED) is 0.505. The Kier molecular flexibility index (Phi) is 7.45. The average molecular weight is 437 g/mol. The molecular formula is C25H27B2N4O2. The number of carbonyl (C=O) groups is 1. The Morgan fingerprint density at radius 2 is 1.94 bits per heavy atom. The third-order valence-electron chi connectivity index (χ3n) is 6.18. The Hall–Kier alpha value is -3.12. The molecule has 8 heteroatoms. The molecule has 3 radical (unpaired) electrons. The second-order valence-electron chi connectivity index (χ2n) is 8.53. The van der Waals surface area contributed by atoms with E-state index in [0.29, 0.717) is 30.3 Å². The molecule has 3 atom stereocenters. The van der Waals surface area contributed by atoms with Crippen molar-refractivity contribution in [1.82, 2.24) is 14.9 Å². The summed E-state index contributed by atoms with van der Waals surface area (Å²) in [6, 6.07) is 19.0. The van der Waals surface area contributed by atoms with Crippen LogP contribution in [0.25, 0.3) is 0 Å². The third kappa shape index (κ3) is 5.63. The summed E-state index contributed by atoms with van der Waals surface area (Å²) < 4.78 is 1.49. The number of aryl methyl sites for hydroxylation is 1. The van der Waals surface area contributed by atoms with Gasteiger partial charge in [0.25, 0.3) is 5.56 Å². The minimum absolute atomic E-state index is 0.0472. The molecule has 2 aromatic carbocycles. The highest BCUT2D eigenvalue weighted by atomic mass is 16.2. The van der Waals surface area contributed by atoms with Crippen LogP contribution in [-0.4, -0.2) is 42.9 Å². The smallest absolute Gasteiger partial charge is 0.254 e. The Bertz CT molecular complexity index is 1140. The van der Waals surface area contributed by atoms with Gasteiger partial charge in [0.05, 0.1) is 7.17 Å². The van der Waals surface area contributed by atoms with Gasteiger partial charge in [-0.1, -0.05) is 49.4 Å². The molecule has 4 rings (SSSR count). The molecule has 1 amide bonds. The topological polar surface area (TPSA) is 76.0 Å². The lowest BCUT2D eigenvalue weighted by atomic mass is 9.49. The van der Waals surface area contributed by atoms with E-state index in [4.69, 9.17) is 7.74 Å². The first-order valence-corrected chi connectivity index (χ1v) is 11.3. The number of amides is 1. The fourth-order valence-electron chi connectivity index (χ4n) is 4.26. The number of hydrogen-bond acceptors (Lipinski definition) is 4. The van der Waals surface area contributed by atoms with Gasteiger partial charge in [-0.2, -0.15) is 0 Å². The molecule has 0 bridgehead atoms. The summed E-state index contributed by atoms with van der Waals surface area (Å²) in [5.74, 6) is 0.901. The van der Waals surface area contributed by atoms with Gasteiger partial charge in [-0.3, -0.25) is 14.2 Å². The van der Waals surface area contributed by atoms with Crippen LogP contribution in [0.1, 0.15) is 42.3 Å². The number of rotatable bonds is 9. The fourth-order valence-corrected chi connectivity index (χ4v) is 4.26. The van der Waals surface area contributed by atoms with Crippen molar-refractivity contribution < 1.29 is 4.79 Å². The van der Waals surface area contributed by atoms with Crippen molar-refractivity contribution in [3.05, 3.63) is 94.2 Å². The molecule has 0 aliphatic carbocycles. The van der Waals surface area contributed by atoms with Gasteiger partial charge in [0.2, 0.25) is 5.91 Å². The normalized spacial score (nSPS) is 16.6. The van der Waals surface area contributed by atoms with Gasteiger partial charge in [0.1, 0.15) is 11.9 Å². The van der Waals surface area contributed by atoms with Crippen LogP contribution in [0.2, 0.25) is 0 Å². The minimum Gasteiger partial charge on any atom is -0.324 e. The predicted molar refractivity (Wildman–Crippen MR) is 133 cm³/mol. The van der Waals surface area contributed by atoms with Crippen LogP contribution in [-0.2, 0) is 17.6 Å². The van der Waals surface area contributed by atoms with Gasteiger partial charge in [0.15, 0.2) is 0 Å². The molecule has 0 fully saturated rings. The Labute approximate surface area is 196 Å². The Morgan fingerprint density at radius 1 is 1.18 bits per heavy atom. The van der Waals surface area contributed by atoms with E-state index in [0.717, 1.165) is 18.5 Å². The second kappa shape index (κ2) is 10.7. The van der Waals surface area contributed by atoms with Gasteiger partial charge in [-0.05, 0) is 48.0 Å². The highest BCUT2D eigenvalue weighted by Gasteiger charge is 2.29. The zero-order valence-electron chi connectivity index (χ0n) is 18.8. The molecule has 3 aromatic rings. The van der Waals surface area contributed by atoms with Crippen molar-refractivity contribution in [2.45, 2.75) is 44.1 Å². The number of hydrogen-bond donors (Lipinski definition) is 2. The summed E-state index contributed by atoms with van der Waals surface area (Å²) in [5, 5.41) is 6.46. The van der Waals surface area contributed by atoms with E-state index < -0.39 is 6.04 Å². The number of carbonyl (C=O) groups excluding carboxylic acids is 1. The number of nitrogens with zero attached hydrogens (tertiary/aromatic N) is 2. The van der Waals surface area contributed by atoms with Crippen LogP contribution in [0.4, 0.5) is 5.69 Å². The minimum atomic E-state index is -0.520. The van der Waals surface area contributed by atoms with Crippen LogP contribution in [0, 0.1) is 0 Å². The predicted octanol–water partition coefficient (Wildman–Crippen LogP) is 2.42. The second-order valence-corrected chi connectivity index (χ2v) is 8.53. The van der Waals surface area contributed by atoms with Crippen LogP contribution >= 0.6 is 0 Å². The van der Waals surface area contributed by atoms with Crippen LogP contribution < -0.4 is 16.2 Å². The first kappa shape index (κ1) is 23.1. The molecular weight excluding hydrogens is 410 g/mol. The SMILES string of the molecule is [B][B]C(Cc1ccc(NC(=O)C2CCc3nccc(=O)n32)cc1)NC[C@H](C)c1ccccc1. The molecule has 1 aliphatic heterocycles. The lowest BCUT2D eigenvalue weighted by molar-refractivity contribution is -0.119. The first-order valence-electron chi connectivity index (χ1n) is 11.3. The largest absolute Gasteiger partial charge is 0.324 e. The van der Waals surface area contributed by atoms with E-state index in [1.807, 2.05) is 30.3 Å². The zero-order chi connectivity index (χ0) is 23.2. The molecule has 0 spiro atoms. The summed E-state index contributed by atoms with van der Waals surface area (Å²) in [4.78, 5) is 29.1. The molecule has 2 N–H and O–H groups in total. The van der Waals surface area contributed by atoms with E-state index in [1.165, 1.54) is 22.4 Å². The number of fused-ring (bicyclic) bond motifs is 1. The van der Waals surface area contributed by atoms with E-state index in [1.54, 1.807) is 7.17 Å².